The smallest absolute Gasteiger partial charge is 0.345 e. The predicted octanol–water partition coefficient (Wildman–Crippen LogP) is 4.01. The van der Waals surface area contributed by atoms with Crippen LogP contribution in [0, 0.1) is 22.7 Å². The molecule has 3 heterocycles. The number of fused-ring (bicyclic) bond motifs is 4. The molecule has 0 aromatic carbocycles. The number of hydrogen-bond acceptors (Lipinski definition) is 8. The molecule has 8 atom stereocenters. The van der Waals surface area contributed by atoms with E-state index in [1.54, 1.807) is 45.9 Å². The van der Waals surface area contributed by atoms with Gasteiger partial charge in [-0.05, 0) is 49.7 Å². The lowest BCUT2D eigenvalue weighted by Gasteiger charge is -2.67. The molecule has 2 unspecified atom stereocenters. The molecule has 2 fully saturated rings. The summed E-state index contributed by atoms with van der Waals surface area (Å²) in [6.45, 7) is 6.96. The molecule has 0 bridgehead atoms. The molecule has 1 aliphatic heterocycles. The highest BCUT2D eigenvalue weighted by atomic mass is 16.6. The Hall–Kier alpha value is -2.26. The fourth-order valence-corrected chi connectivity index (χ4v) is 8.05. The van der Waals surface area contributed by atoms with E-state index < -0.39 is 23.2 Å². The molecule has 2 aromatic heterocycles. The van der Waals surface area contributed by atoms with Gasteiger partial charge in [0.1, 0.15) is 22.7 Å². The maximum Gasteiger partial charge on any atom is 0.345 e. The number of aliphatic hydroxyl groups excluding tert-OH is 1. The zero-order valence-electron chi connectivity index (χ0n) is 21.9. The lowest BCUT2D eigenvalue weighted by Crippen LogP contribution is -2.71. The average Bonchev–Trinajstić information content (AvgIpc) is 2.83. The van der Waals surface area contributed by atoms with Crippen molar-refractivity contribution in [2.24, 2.45) is 22.7 Å². The fraction of sp³-hybridized carbons (Fsp3) is 0.643. The fourth-order valence-electron chi connectivity index (χ4n) is 8.05. The summed E-state index contributed by atoms with van der Waals surface area (Å²) in [5.41, 5.74) is -1.29. The minimum absolute atomic E-state index is 0.0124. The quantitative estimate of drug-likeness (QED) is 0.659. The maximum atomic E-state index is 13.3. The molecule has 196 valence electrons. The number of aromatic nitrogens is 1. The van der Waals surface area contributed by atoms with E-state index in [0.717, 1.165) is 19.3 Å². The topological polar surface area (TPSA) is 100 Å². The minimum atomic E-state index is -1.07. The molecule has 0 spiro atoms. The van der Waals surface area contributed by atoms with E-state index in [1.807, 2.05) is 13.0 Å². The van der Waals surface area contributed by atoms with Crippen LogP contribution in [0.2, 0.25) is 0 Å². The summed E-state index contributed by atoms with van der Waals surface area (Å²) in [7, 11) is 5.15. The van der Waals surface area contributed by atoms with Gasteiger partial charge in [-0.1, -0.05) is 13.8 Å². The molecule has 8 heteroatoms. The third-order valence-corrected chi connectivity index (χ3v) is 9.55. The molecule has 0 amide bonds. The summed E-state index contributed by atoms with van der Waals surface area (Å²) < 4.78 is 30.1. The van der Waals surface area contributed by atoms with Crippen LogP contribution in [-0.4, -0.2) is 55.8 Å². The molecule has 5 rings (SSSR count). The van der Waals surface area contributed by atoms with Gasteiger partial charge in [0.25, 0.3) is 0 Å². The Morgan fingerprint density at radius 1 is 1.17 bits per heavy atom. The summed E-state index contributed by atoms with van der Waals surface area (Å²) in [5.74, 6) is 0.393. The Labute approximate surface area is 211 Å². The van der Waals surface area contributed by atoms with Gasteiger partial charge in [0.2, 0.25) is 0 Å². The molecule has 2 aliphatic carbocycles. The molecular weight excluding hydrogens is 462 g/mol. The monoisotopic (exact) mass is 499 g/mol. The second kappa shape index (κ2) is 8.94. The summed E-state index contributed by atoms with van der Waals surface area (Å²) >= 11 is 0. The Morgan fingerprint density at radius 3 is 2.56 bits per heavy atom. The largest absolute Gasteiger partial charge is 0.484 e. The average molecular weight is 500 g/mol. The van der Waals surface area contributed by atoms with Crippen molar-refractivity contribution < 1.29 is 28.5 Å². The SMILES string of the molecule is COC[C@@]1(C)C2C[C@H](OC)[C@@]3(C)Oc4cc(-c5cccnc5)oc(=O)c4[C@H](O)C3[C@@]2(C)CC[C@@H]1OC. The molecular formula is C28H37NO7. The van der Waals surface area contributed by atoms with Gasteiger partial charge in [0, 0.05) is 56.7 Å². The molecule has 0 radical (unpaired) electrons. The van der Waals surface area contributed by atoms with Crippen molar-refractivity contribution in [2.45, 2.75) is 63.9 Å². The molecule has 36 heavy (non-hydrogen) atoms. The van der Waals surface area contributed by atoms with Crippen LogP contribution >= 0.6 is 0 Å². The minimum Gasteiger partial charge on any atom is -0.484 e. The first-order valence-corrected chi connectivity index (χ1v) is 12.6. The van der Waals surface area contributed by atoms with Crippen LogP contribution < -0.4 is 10.4 Å². The van der Waals surface area contributed by atoms with Crippen LogP contribution in [0.25, 0.3) is 11.3 Å². The van der Waals surface area contributed by atoms with Crippen molar-refractivity contribution in [2.75, 3.05) is 27.9 Å². The van der Waals surface area contributed by atoms with Crippen molar-refractivity contribution in [1.29, 1.82) is 0 Å². The van der Waals surface area contributed by atoms with Crippen molar-refractivity contribution >= 4 is 0 Å². The molecule has 8 nitrogen and oxygen atoms in total. The molecule has 2 saturated carbocycles. The van der Waals surface area contributed by atoms with Crippen molar-refractivity contribution in [1.82, 2.24) is 4.98 Å². The first-order valence-electron chi connectivity index (χ1n) is 12.6. The van der Waals surface area contributed by atoms with E-state index in [4.69, 9.17) is 23.4 Å². The van der Waals surface area contributed by atoms with Crippen molar-refractivity contribution in [3.05, 3.63) is 46.6 Å². The maximum absolute atomic E-state index is 13.3. The van der Waals surface area contributed by atoms with Gasteiger partial charge in [-0.25, -0.2) is 4.79 Å². The van der Waals surface area contributed by atoms with Crippen LogP contribution in [0.15, 0.2) is 39.8 Å². The number of methoxy groups -OCH3 is 3. The second-order valence-electron chi connectivity index (χ2n) is 11.3. The van der Waals surface area contributed by atoms with Crippen LogP contribution in [0.4, 0.5) is 0 Å². The van der Waals surface area contributed by atoms with E-state index >= 15 is 0 Å². The van der Waals surface area contributed by atoms with Gasteiger partial charge >= 0.3 is 5.63 Å². The lowest BCUT2D eigenvalue weighted by molar-refractivity contribution is -0.271. The number of nitrogens with zero attached hydrogens (tertiary/aromatic N) is 1. The van der Waals surface area contributed by atoms with Gasteiger partial charge in [-0.15, -0.1) is 0 Å². The van der Waals surface area contributed by atoms with Gasteiger partial charge in [-0.3, -0.25) is 4.98 Å². The first-order chi connectivity index (χ1) is 17.1. The molecule has 1 N–H and O–H groups in total. The summed E-state index contributed by atoms with van der Waals surface area (Å²) in [4.78, 5) is 17.4. The Kier molecular flexibility index (Phi) is 6.31. The molecule has 2 aromatic rings. The van der Waals surface area contributed by atoms with Crippen molar-refractivity contribution in [3.8, 4) is 17.1 Å². The van der Waals surface area contributed by atoms with E-state index in [2.05, 4.69) is 18.8 Å². The van der Waals surface area contributed by atoms with Gasteiger partial charge in [-0.2, -0.15) is 0 Å². The van der Waals surface area contributed by atoms with E-state index in [0.29, 0.717) is 23.7 Å². The van der Waals surface area contributed by atoms with E-state index in [-0.39, 0.29) is 34.5 Å². The third-order valence-electron chi connectivity index (χ3n) is 9.55. The number of ether oxygens (including phenoxy) is 4. The Bertz CT molecular complexity index is 1170. The van der Waals surface area contributed by atoms with Crippen LogP contribution in [0.5, 0.6) is 5.75 Å². The third kappa shape index (κ3) is 3.49. The van der Waals surface area contributed by atoms with Gasteiger partial charge < -0.3 is 28.5 Å². The highest BCUT2D eigenvalue weighted by Gasteiger charge is 2.69. The first kappa shape index (κ1) is 25.4. The molecule has 3 aliphatic rings. The number of aliphatic hydroxyl groups is 1. The zero-order valence-corrected chi connectivity index (χ0v) is 21.9. The second-order valence-corrected chi connectivity index (χ2v) is 11.3. The molecule has 0 saturated heterocycles. The normalized spacial score (nSPS) is 39.5. The summed E-state index contributed by atoms with van der Waals surface area (Å²) in [5, 5.41) is 11.9. The lowest BCUT2D eigenvalue weighted by atomic mass is 9.42. The van der Waals surface area contributed by atoms with Crippen LogP contribution in [-0.2, 0) is 14.2 Å². The number of pyridine rings is 1. The van der Waals surface area contributed by atoms with Gasteiger partial charge in [0.05, 0.1) is 24.9 Å². The van der Waals surface area contributed by atoms with E-state index in [9.17, 15) is 9.90 Å². The standard InChI is InChI=1S/C28H37NO7/c1-26-10-9-20(33-5)27(2,15-32-4)19(26)13-21(34-6)28(3)24(26)23(30)22-18(36-28)12-17(35-25(22)31)16-8-7-11-29-14-16/h7-8,11-12,14,19-21,23-24,30H,9-10,13,15H2,1-6H3/t19?,20-,21-,23-,24?,26-,27-,28+/m0/s1. The van der Waals surface area contributed by atoms with Gasteiger partial charge in [0.15, 0.2) is 0 Å². The highest BCUT2D eigenvalue weighted by Crippen LogP contribution is 2.67. The summed E-state index contributed by atoms with van der Waals surface area (Å²) in [6.07, 6.45) is 4.27. The summed E-state index contributed by atoms with van der Waals surface area (Å²) in [6, 6.07) is 5.28. The highest BCUT2D eigenvalue weighted by molar-refractivity contribution is 5.59. The Morgan fingerprint density at radius 2 is 1.92 bits per heavy atom. The van der Waals surface area contributed by atoms with E-state index in [1.165, 1.54) is 0 Å². The number of rotatable bonds is 5. The number of hydrogen-bond donors (Lipinski definition) is 1. The van der Waals surface area contributed by atoms with Crippen LogP contribution in [0.1, 0.15) is 51.7 Å². The van der Waals surface area contributed by atoms with Crippen LogP contribution in [0.3, 0.4) is 0 Å². The predicted molar refractivity (Wildman–Crippen MR) is 133 cm³/mol. The Balaban J connectivity index is 1.65. The van der Waals surface area contributed by atoms with Crippen molar-refractivity contribution in [3.63, 3.8) is 0 Å². The zero-order chi connectivity index (χ0) is 25.9.